The van der Waals surface area contributed by atoms with Gasteiger partial charge in [-0.05, 0) is 20.8 Å². The molecule has 0 spiro atoms. The number of carbonyl (C=O) groups excluding carboxylic acids is 1. The Morgan fingerprint density at radius 2 is 2.08 bits per heavy atom. The molecule has 13 heavy (non-hydrogen) atoms. The number of carbonyl (C=O) groups is 1. The van der Waals surface area contributed by atoms with Gasteiger partial charge in [0.25, 0.3) is 0 Å². The monoisotopic (exact) mass is 204 g/mol. The third-order valence-electron chi connectivity index (χ3n) is 1.69. The van der Waals surface area contributed by atoms with Crippen LogP contribution in [0.3, 0.4) is 0 Å². The standard InChI is InChI=1S/C8H16N2O2S/c1-8(2,3)12-7(11)10-4-6(5-10)13-9/h6H,4-5,9H2,1-3H3. The fourth-order valence-electron chi connectivity index (χ4n) is 1.000. The average molecular weight is 204 g/mol. The number of nitrogens with zero attached hydrogens (tertiary/aromatic N) is 1. The van der Waals surface area contributed by atoms with E-state index in [2.05, 4.69) is 0 Å². The Hall–Kier alpha value is -0.420. The van der Waals surface area contributed by atoms with Crippen LogP contribution in [0.5, 0.6) is 0 Å². The van der Waals surface area contributed by atoms with E-state index in [1.54, 1.807) is 4.90 Å². The van der Waals surface area contributed by atoms with Gasteiger partial charge in [-0.25, -0.2) is 4.79 Å². The quantitative estimate of drug-likeness (QED) is 0.652. The second kappa shape index (κ2) is 3.75. The molecule has 0 saturated carbocycles. The van der Waals surface area contributed by atoms with Crippen molar-refractivity contribution in [1.82, 2.24) is 4.90 Å². The van der Waals surface area contributed by atoms with Crippen molar-refractivity contribution in [1.29, 1.82) is 0 Å². The Kier molecular flexibility index (Phi) is 3.08. The van der Waals surface area contributed by atoms with Crippen LogP contribution in [0, 0.1) is 0 Å². The van der Waals surface area contributed by atoms with Crippen molar-refractivity contribution in [3.8, 4) is 0 Å². The zero-order valence-electron chi connectivity index (χ0n) is 8.24. The van der Waals surface area contributed by atoms with E-state index >= 15 is 0 Å². The van der Waals surface area contributed by atoms with E-state index in [1.807, 2.05) is 20.8 Å². The van der Waals surface area contributed by atoms with E-state index in [0.717, 1.165) is 0 Å². The van der Waals surface area contributed by atoms with Crippen LogP contribution in [-0.4, -0.2) is 34.9 Å². The number of amides is 1. The highest BCUT2D eigenvalue weighted by Crippen LogP contribution is 2.20. The van der Waals surface area contributed by atoms with E-state index in [9.17, 15) is 4.79 Å². The molecule has 0 aromatic rings. The summed E-state index contributed by atoms with van der Waals surface area (Å²) in [6.07, 6.45) is -0.238. The SMILES string of the molecule is CC(C)(C)OC(=O)N1CC(SN)C1. The highest BCUT2D eigenvalue weighted by atomic mass is 32.2. The van der Waals surface area contributed by atoms with Gasteiger partial charge in [-0.3, -0.25) is 5.14 Å². The van der Waals surface area contributed by atoms with Crippen LogP contribution in [-0.2, 0) is 4.74 Å². The summed E-state index contributed by atoms with van der Waals surface area (Å²) in [4.78, 5) is 13.0. The van der Waals surface area contributed by atoms with Crippen LogP contribution in [0.2, 0.25) is 0 Å². The fourth-order valence-corrected chi connectivity index (χ4v) is 1.53. The number of hydrogen-bond donors (Lipinski definition) is 1. The molecule has 0 aromatic carbocycles. The highest BCUT2D eigenvalue weighted by Gasteiger charge is 2.33. The summed E-state index contributed by atoms with van der Waals surface area (Å²) in [5.74, 6) is 0. The molecule has 5 heteroatoms. The first kappa shape index (κ1) is 10.7. The summed E-state index contributed by atoms with van der Waals surface area (Å²) in [6.45, 7) is 6.99. The summed E-state index contributed by atoms with van der Waals surface area (Å²) in [5, 5.41) is 5.74. The van der Waals surface area contributed by atoms with Crippen molar-refractivity contribution < 1.29 is 9.53 Å². The molecule has 1 fully saturated rings. The molecular weight excluding hydrogens is 188 g/mol. The predicted molar refractivity (Wildman–Crippen MR) is 53.4 cm³/mol. The molecule has 2 N–H and O–H groups in total. The first-order chi connectivity index (χ1) is 5.92. The first-order valence-corrected chi connectivity index (χ1v) is 5.20. The molecule has 1 aliphatic heterocycles. The van der Waals surface area contributed by atoms with Crippen LogP contribution >= 0.6 is 11.9 Å². The molecule has 1 rings (SSSR count). The third-order valence-corrected chi connectivity index (χ3v) is 2.38. The molecule has 0 aliphatic carbocycles. The largest absolute Gasteiger partial charge is 0.444 e. The number of hydrogen-bond acceptors (Lipinski definition) is 4. The van der Waals surface area contributed by atoms with Gasteiger partial charge in [-0.15, -0.1) is 0 Å². The van der Waals surface area contributed by atoms with E-state index in [-0.39, 0.29) is 6.09 Å². The Morgan fingerprint density at radius 3 is 2.46 bits per heavy atom. The molecule has 0 aromatic heterocycles. The smallest absolute Gasteiger partial charge is 0.410 e. The number of likely N-dealkylation sites (tertiary alicyclic amines) is 1. The first-order valence-electron chi connectivity index (χ1n) is 4.26. The number of ether oxygens (including phenoxy) is 1. The molecule has 76 valence electrons. The van der Waals surface area contributed by atoms with Crippen LogP contribution < -0.4 is 5.14 Å². The van der Waals surface area contributed by atoms with Gasteiger partial charge in [0.1, 0.15) is 5.60 Å². The van der Waals surface area contributed by atoms with Crippen molar-refractivity contribution >= 4 is 18.0 Å². The lowest BCUT2D eigenvalue weighted by molar-refractivity contribution is 0.0144. The summed E-state index contributed by atoms with van der Waals surface area (Å²) in [5.41, 5.74) is -0.405. The van der Waals surface area contributed by atoms with E-state index in [0.29, 0.717) is 18.3 Å². The van der Waals surface area contributed by atoms with Gasteiger partial charge in [0.05, 0.1) is 5.25 Å². The maximum absolute atomic E-state index is 11.4. The average Bonchev–Trinajstić information content (AvgIpc) is 1.79. The third kappa shape index (κ3) is 3.08. The maximum atomic E-state index is 11.4. The lowest BCUT2D eigenvalue weighted by Gasteiger charge is -2.38. The lowest BCUT2D eigenvalue weighted by Crippen LogP contribution is -2.53. The Labute approximate surface area is 82.9 Å². The zero-order valence-corrected chi connectivity index (χ0v) is 9.06. The molecule has 0 bridgehead atoms. The second-order valence-electron chi connectivity index (χ2n) is 4.14. The van der Waals surface area contributed by atoms with Crippen molar-refractivity contribution in [2.24, 2.45) is 5.14 Å². The topological polar surface area (TPSA) is 55.6 Å². The summed E-state index contributed by atoms with van der Waals surface area (Å²) >= 11 is 1.30. The van der Waals surface area contributed by atoms with Crippen molar-refractivity contribution in [3.63, 3.8) is 0 Å². The van der Waals surface area contributed by atoms with Crippen molar-refractivity contribution in [3.05, 3.63) is 0 Å². The second-order valence-corrected chi connectivity index (χ2v) is 5.08. The Morgan fingerprint density at radius 1 is 1.54 bits per heavy atom. The van der Waals surface area contributed by atoms with Crippen molar-refractivity contribution in [2.45, 2.75) is 31.6 Å². The van der Waals surface area contributed by atoms with E-state index in [4.69, 9.17) is 9.88 Å². The summed E-state index contributed by atoms with van der Waals surface area (Å²) in [7, 11) is 0. The van der Waals surface area contributed by atoms with Gasteiger partial charge < -0.3 is 9.64 Å². The van der Waals surface area contributed by atoms with Crippen molar-refractivity contribution in [2.75, 3.05) is 13.1 Å². The fraction of sp³-hybridized carbons (Fsp3) is 0.875. The Bertz CT molecular complexity index is 197. The van der Waals surface area contributed by atoms with E-state index in [1.165, 1.54) is 11.9 Å². The summed E-state index contributed by atoms with van der Waals surface area (Å²) < 4.78 is 5.17. The highest BCUT2D eigenvalue weighted by molar-refractivity contribution is 7.97. The van der Waals surface area contributed by atoms with Crippen LogP contribution in [0.25, 0.3) is 0 Å². The van der Waals surface area contributed by atoms with Gasteiger partial charge in [0.15, 0.2) is 0 Å². The lowest BCUT2D eigenvalue weighted by atomic mass is 10.2. The normalized spacial score (nSPS) is 18.3. The zero-order chi connectivity index (χ0) is 10.1. The van der Waals surface area contributed by atoms with Gasteiger partial charge in [-0.2, -0.15) is 0 Å². The van der Waals surface area contributed by atoms with Crippen LogP contribution in [0.4, 0.5) is 4.79 Å². The summed E-state index contributed by atoms with van der Waals surface area (Å²) in [6, 6.07) is 0. The molecule has 1 heterocycles. The molecule has 1 amide bonds. The van der Waals surface area contributed by atoms with Gasteiger partial charge in [0, 0.05) is 13.1 Å². The minimum Gasteiger partial charge on any atom is -0.444 e. The number of rotatable bonds is 1. The minimum absolute atomic E-state index is 0.238. The molecule has 0 atom stereocenters. The van der Waals surface area contributed by atoms with Gasteiger partial charge in [-0.1, -0.05) is 11.9 Å². The minimum atomic E-state index is -0.405. The maximum Gasteiger partial charge on any atom is 0.410 e. The predicted octanol–water partition coefficient (Wildman–Crippen LogP) is 1.21. The van der Waals surface area contributed by atoms with Crippen LogP contribution in [0.1, 0.15) is 20.8 Å². The molecule has 0 radical (unpaired) electrons. The number of nitrogens with two attached hydrogens (primary N) is 1. The Balaban J connectivity index is 2.27. The van der Waals surface area contributed by atoms with Crippen LogP contribution in [0.15, 0.2) is 0 Å². The van der Waals surface area contributed by atoms with E-state index < -0.39 is 5.60 Å². The molecular formula is C8H16N2O2S. The molecule has 0 unspecified atom stereocenters. The molecule has 4 nitrogen and oxygen atoms in total. The van der Waals surface area contributed by atoms with Gasteiger partial charge >= 0.3 is 6.09 Å². The van der Waals surface area contributed by atoms with Gasteiger partial charge in [0.2, 0.25) is 0 Å². The molecule has 1 aliphatic rings. The molecule has 1 saturated heterocycles.